The average molecular weight is 405 g/mol. The van der Waals surface area contributed by atoms with Gasteiger partial charge in [0.1, 0.15) is 5.76 Å². The quantitative estimate of drug-likeness (QED) is 0.457. The standard InChI is InChI=1S/C23H23N3O4/c1-16-12-14-25(15-13-16)20-9-5-3-7-18(20)24-23(27)22-11-10-21(30-22)17-6-2-4-8-19(17)26(28)29/h2-11,16H,12-15H2,1H3,(H,24,27). The number of amides is 1. The number of nitro benzene ring substituents is 1. The number of nitrogens with one attached hydrogen (secondary N) is 1. The van der Waals surface area contributed by atoms with E-state index in [-0.39, 0.29) is 17.2 Å². The summed E-state index contributed by atoms with van der Waals surface area (Å²) in [6, 6.07) is 17.1. The highest BCUT2D eigenvalue weighted by molar-refractivity contribution is 6.04. The van der Waals surface area contributed by atoms with E-state index >= 15 is 0 Å². The molecule has 2 heterocycles. The van der Waals surface area contributed by atoms with Gasteiger partial charge in [-0.3, -0.25) is 14.9 Å². The molecule has 0 aliphatic carbocycles. The maximum atomic E-state index is 12.8. The topological polar surface area (TPSA) is 88.6 Å². The lowest BCUT2D eigenvalue weighted by molar-refractivity contribution is -0.384. The van der Waals surface area contributed by atoms with Gasteiger partial charge < -0.3 is 14.6 Å². The summed E-state index contributed by atoms with van der Waals surface area (Å²) in [6.07, 6.45) is 2.25. The van der Waals surface area contributed by atoms with Crippen LogP contribution in [-0.2, 0) is 0 Å². The van der Waals surface area contributed by atoms with E-state index in [9.17, 15) is 14.9 Å². The van der Waals surface area contributed by atoms with Crippen LogP contribution in [0.15, 0.2) is 65.1 Å². The number of carbonyl (C=O) groups is 1. The Morgan fingerprint density at radius 2 is 1.77 bits per heavy atom. The number of anilines is 2. The summed E-state index contributed by atoms with van der Waals surface area (Å²) in [5.41, 5.74) is 1.98. The summed E-state index contributed by atoms with van der Waals surface area (Å²) in [6.45, 7) is 4.17. The van der Waals surface area contributed by atoms with Crippen molar-refractivity contribution < 1.29 is 14.1 Å². The van der Waals surface area contributed by atoms with Crippen LogP contribution >= 0.6 is 0 Å². The van der Waals surface area contributed by atoms with Crippen molar-refractivity contribution >= 4 is 23.0 Å². The van der Waals surface area contributed by atoms with Crippen molar-refractivity contribution in [3.8, 4) is 11.3 Å². The fourth-order valence-electron chi connectivity index (χ4n) is 3.73. The third-order valence-electron chi connectivity index (χ3n) is 5.47. The van der Waals surface area contributed by atoms with Gasteiger partial charge >= 0.3 is 0 Å². The van der Waals surface area contributed by atoms with E-state index in [1.165, 1.54) is 12.1 Å². The smallest absolute Gasteiger partial charge is 0.291 e. The number of furan rings is 1. The van der Waals surface area contributed by atoms with Crippen molar-refractivity contribution in [3.05, 3.63) is 76.5 Å². The zero-order valence-electron chi connectivity index (χ0n) is 16.7. The molecule has 0 bridgehead atoms. The number of hydrogen-bond donors (Lipinski definition) is 1. The van der Waals surface area contributed by atoms with Crippen molar-refractivity contribution in [1.29, 1.82) is 0 Å². The highest BCUT2D eigenvalue weighted by Crippen LogP contribution is 2.32. The highest BCUT2D eigenvalue weighted by Gasteiger charge is 2.22. The molecule has 7 heteroatoms. The van der Waals surface area contributed by atoms with Gasteiger partial charge in [0.25, 0.3) is 11.6 Å². The van der Waals surface area contributed by atoms with Gasteiger partial charge in [-0.15, -0.1) is 0 Å². The molecule has 1 saturated heterocycles. The number of nitro groups is 1. The van der Waals surface area contributed by atoms with E-state index in [1.807, 2.05) is 24.3 Å². The molecule has 4 rings (SSSR count). The van der Waals surface area contributed by atoms with Gasteiger partial charge in [-0.1, -0.05) is 31.2 Å². The molecule has 7 nitrogen and oxygen atoms in total. The number of para-hydroxylation sites is 3. The molecule has 0 spiro atoms. The van der Waals surface area contributed by atoms with Crippen LogP contribution in [0.1, 0.15) is 30.3 Å². The summed E-state index contributed by atoms with van der Waals surface area (Å²) in [5, 5.41) is 14.2. The normalized spacial score (nSPS) is 14.5. The first-order valence-corrected chi connectivity index (χ1v) is 10.0. The molecule has 3 aromatic rings. The number of hydrogen-bond acceptors (Lipinski definition) is 5. The van der Waals surface area contributed by atoms with Crippen LogP contribution in [0.2, 0.25) is 0 Å². The molecule has 0 radical (unpaired) electrons. The van der Waals surface area contributed by atoms with E-state index < -0.39 is 10.8 Å². The van der Waals surface area contributed by atoms with Crippen molar-refractivity contribution in [3.63, 3.8) is 0 Å². The minimum Gasteiger partial charge on any atom is -0.451 e. The van der Waals surface area contributed by atoms with Gasteiger partial charge in [0.2, 0.25) is 0 Å². The van der Waals surface area contributed by atoms with Crippen LogP contribution in [0.5, 0.6) is 0 Å². The second-order valence-electron chi connectivity index (χ2n) is 7.58. The first kappa shape index (κ1) is 19.7. The van der Waals surface area contributed by atoms with Gasteiger partial charge in [0, 0.05) is 19.2 Å². The van der Waals surface area contributed by atoms with Gasteiger partial charge in [-0.25, -0.2) is 0 Å². The number of rotatable bonds is 5. The predicted molar refractivity (Wildman–Crippen MR) is 116 cm³/mol. The summed E-state index contributed by atoms with van der Waals surface area (Å²) in [5.74, 6) is 0.709. The molecule has 0 unspecified atom stereocenters. The zero-order valence-corrected chi connectivity index (χ0v) is 16.7. The van der Waals surface area contributed by atoms with Gasteiger partial charge in [0.05, 0.1) is 21.9 Å². The van der Waals surface area contributed by atoms with Crippen LogP contribution in [0.25, 0.3) is 11.3 Å². The van der Waals surface area contributed by atoms with E-state index in [4.69, 9.17) is 4.42 Å². The fourth-order valence-corrected chi connectivity index (χ4v) is 3.73. The van der Waals surface area contributed by atoms with Gasteiger partial charge in [-0.2, -0.15) is 0 Å². The molecule has 1 aliphatic heterocycles. The summed E-state index contributed by atoms with van der Waals surface area (Å²) in [4.78, 5) is 25.9. The number of nitrogens with zero attached hydrogens (tertiary/aromatic N) is 2. The molecular weight excluding hydrogens is 382 g/mol. The Morgan fingerprint density at radius 3 is 2.53 bits per heavy atom. The molecular formula is C23H23N3O4. The Labute approximate surface area is 174 Å². The Bertz CT molecular complexity index is 1070. The van der Waals surface area contributed by atoms with Gasteiger partial charge in [0.15, 0.2) is 5.76 Å². The zero-order chi connectivity index (χ0) is 21.1. The largest absolute Gasteiger partial charge is 0.451 e. The van der Waals surface area contributed by atoms with E-state index in [0.717, 1.165) is 37.3 Å². The third-order valence-corrected chi connectivity index (χ3v) is 5.47. The van der Waals surface area contributed by atoms with Crippen molar-refractivity contribution in [1.82, 2.24) is 0 Å². The molecule has 30 heavy (non-hydrogen) atoms. The maximum absolute atomic E-state index is 12.8. The van der Waals surface area contributed by atoms with Crippen LogP contribution < -0.4 is 10.2 Å². The highest BCUT2D eigenvalue weighted by atomic mass is 16.6. The SMILES string of the molecule is CC1CCN(c2ccccc2NC(=O)c2ccc(-c3ccccc3[N+](=O)[O-])o2)CC1. The minimum atomic E-state index is -0.465. The Balaban J connectivity index is 1.55. The third kappa shape index (κ3) is 4.05. The number of piperidine rings is 1. The minimum absolute atomic E-state index is 0.0662. The molecule has 1 N–H and O–H groups in total. The average Bonchev–Trinajstić information content (AvgIpc) is 3.25. The lowest BCUT2D eigenvalue weighted by Gasteiger charge is -2.33. The summed E-state index contributed by atoms with van der Waals surface area (Å²) in [7, 11) is 0. The van der Waals surface area contributed by atoms with E-state index in [2.05, 4.69) is 17.1 Å². The summed E-state index contributed by atoms with van der Waals surface area (Å²) >= 11 is 0. The first-order valence-electron chi connectivity index (χ1n) is 10.0. The van der Waals surface area contributed by atoms with Crippen LogP contribution in [-0.4, -0.2) is 23.9 Å². The molecule has 2 aromatic carbocycles. The maximum Gasteiger partial charge on any atom is 0.291 e. The molecule has 0 atom stereocenters. The first-order chi connectivity index (χ1) is 14.5. The molecule has 0 saturated carbocycles. The van der Waals surface area contributed by atoms with Crippen molar-refractivity contribution in [2.24, 2.45) is 5.92 Å². The Morgan fingerprint density at radius 1 is 1.07 bits per heavy atom. The Kier molecular flexibility index (Phi) is 5.52. The van der Waals surface area contributed by atoms with E-state index in [0.29, 0.717) is 11.5 Å². The number of carbonyl (C=O) groups excluding carboxylic acids is 1. The number of benzene rings is 2. The molecule has 1 amide bonds. The lowest BCUT2D eigenvalue weighted by Crippen LogP contribution is -2.33. The lowest BCUT2D eigenvalue weighted by atomic mass is 9.98. The second-order valence-corrected chi connectivity index (χ2v) is 7.58. The molecule has 1 aromatic heterocycles. The fraction of sp³-hybridized carbons (Fsp3) is 0.261. The van der Waals surface area contributed by atoms with Crippen molar-refractivity contribution in [2.45, 2.75) is 19.8 Å². The Hall–Kier alpha value is -3.61. The van der Waals surface area contributed by atoms with Crippen LogP contribution in [0.4, 0.5) is 17.1 Å². The monoisotopic (exact) mass is 405 g/mol. The second kappa shape index (κ2) is 8.41. The van der Waals surface area contributed by atoms with Gasteiger partial charge in [-0.05, 0) is 49.1 Å². The van der Waals surface area contributed by atoms with E-state index in [1.54, 1.807) is 24.3 Å². The molecule has 1 aliphatic rings. The molecule has 1 fully saturated rings. The van der Waals surface area contributed by atoms with Crippen molar-refractivity contribution in [2.75, 3.05) is 23.3 Å². The van der Waals surface area contributed by atoms with Crippen LogP contribution in [0, 0.1) is 16.0 Å². The predicted octanol–water partition coefficient (Wildman–Crippen LogP) is 5.34. The molecule has 154 valence electrons. The van der Waals surface area contributed by atoms with Crippen LogP contribution in [0.3, 0.4) is 0 Å². The summed E-state index contributed by atoms with van der Waals surface area (Å²) < 4.78 is 5.66.